The zero-order chi connectivity index (χ0) is 19.0. The zero-order valence-corrected chi connectivity index (χ0v) is 14.5. The summed E-state index contributed by atoms with van der Waals surface area (Å²) in [5.41, 5.74) is 0.128. The number of nitrogens with one attached hydrogen (secondary N) is 1. The Labute approximate surface area is 150 Å². The van der Waals surface area contributed by atoms with Crippen molar-refractivity contribution in [1.82, 2.24) is 5.32 Å². The van der Waals surface area contributed by atoms with Crippen LogP contribution in [0.25, 0.3) is 6.08 Å². The van der Waals surface area contributed by atoms with Gasteiger partial charge in [0, 0.05) is 31.4 Å². The van der Waals surface area contributed by atoms with E-state index in [0.29, 0.717) is 38.0 Å². The fourth-order valence-corrected chi connectivity index (χ4v) is 2.87. The van der Waals surface area contributed by atoms with Crippen molar-refractivity contribution in [2.24, 2.45) is 0 Å². The number of hydrogen-bond acceptors (Lipinski definition) is 5. The lowest BCUT2D eigenvalue weighted by molar-refractivity contribution is -0.119. The first-order chi connectivity index (χ1) is 12.5. The third-order valence-corrected chi connectivity index (χ3v) is 4.26. The highest BCUT2D eigenvalue weighted by molar-refractivity contribution is 5.92. The Bertz CT molecular complexity index is 624. The van der Waals surface area contributed by atoms with E-state index in [1.54, 1.807) is 12.1 Å². The van der Waals surface area contributed by atoms with Gasteiger partial charge < -0.3 is 24.6 Å². The van der Waals surface area contributed by atoms with Gasteiger partial charge in [0.2, 0.25) is 5.91 Å². The Morgan fingerprint density at radius 1 is 1.38 bits per heavy atom. The minimum Gasteiger partial charge on any atom is -0.493 e. The number of methoxy groups -OCH3 is 1. The maximum atomic E-state index is 12.3. The van der Waals surface area contributed by atoms with Crippen molar-refractivity contribution in [3.8, 4) is 11.5 Å². The number of aliphatic hydroxyl groups is 1. The average molecular weight is 371 g/mol. The van der Waals surface area contributed by atoms with Crippen LogP contribution in [-0.4, -0.2) is 50.1 Å². The molecular weight excluding hydrogens is 348 g/mol. The van der Waals surface area contributed by atoms with Crippen LogP contribution in [0.4, 0.5) is 8.78 Å². The van der Waals surface area contributed by atoms with Gasteiger partial charge in [0.15, 0.2) is 11.5 Å². The summed E-state index contributed by atoms with van der Waals surface area (Å²) in [5.74, 6) is -0.227. The number of aliphatic hydroxyl groups excluding tert-OH is 1. The Morgan fingerprint density at radius 3 is 2.73 bits per heavy atom. The van der Waals surface area contributed by atoms with E-state index in [0.717, 1.165) is 0 Å². The second kappa shape index (κ2) is 9.49. The lowest BCUT2D eigenvalue weighted by Crippen LogP contribution is -2.52. The Balaban J connectivity index is 2.04. The van der Waals surface area contributed by atoms with Crippen molar-refractivity contribution >= 4 is 12.0 Å². The fraction of sp³-hybridized carbons (Fsp3) is 0.500. The largest absolute Gasteiger partial charge is 0.493 e. The molecule has 144 valence electrons. The lowest BCUT2D eigenvalue weighted by Gasteiger charge is -2.37. The van der Waals surface area contributed by atoms with Crippen molar-refractivity contribution in [3.05, 3.63) is 29.8 Å². The number of hydrogen-bond donors (Lipinski definition) is 2. The summed E-state index contributed by atoms with van der Waals surface area (Å²) in [6.07, 6.45) is 4.65. The molecule has 1 aliphatic heterocycles. The molecule has 1 saturated heterocycles. The number of alkyl halides is 2. The Morgan fingerprint density at radius 2 is 2.12 bits per heavy atom. The molecule has 0 aliphatic carbocycles. The van der Waals surface area contributed by atoms with Gasteiger partial charge in [-0.2, -0.15) is 8.78 Å². The van der Waals surface area contributed by atoms with Gasteiger partial charge in [-0.05, 0) is 43.0 Å². The van der Waals surface area contributed by atoms with E-state index >= 15 is 0 Å². The molecule has 0 saturated carbocycles. The SMILES string of the molecule is COc1cc(/C=C/C(=O)NC2(CCO)CCOCC2)ccc1OC(F)F. The minimum atomic E-state index is -2.95. The van der Waals surface area contributed by atoms with Gasteiger partial charge in [-0.15, -0.1) is 0 Å². The molecule has 26 heavy (non-hydrogen) atoms. The molecule has 1 aromatic rings. The van der Waals surface area contributed by atoms with Crippen LogP contribution in [0.15, 0.2) is 24.3 Å². The first-order valence-corrected chi connectivity index (χ1v) is 8.30. The maximum Gasteiger partial charge on any atom is 0.387 e. The van der Waals surface area contributed by atoms with Crippen LogP contribution in [0, 0.1) is 0 Å². The van der Waals surface area contributed by atoms with Crippen molar-refractivity contribution in [1.29, 1.82) is 0 Å². The van der Waals surface area contributed by atoms with Gasteiger partial charge in [-0.1, -0.05) is 6.07 Å². The van der Waals surface area contributed by atoms with Crippen molar-refractivity contribution in [2.75, 3.05) is 26.9 Å². The quantitative estimate of drug-likeness (QED) is 0.686. The maximum absolute atomic E-state index is 12.3. The summed E-state index contributed by atoms with van der Waals surface area (Å²) in [5, 5.41) is 12.2. The van der Waals surface area contributed by atoms with E-state index < -0.39 is 12.2 Å². The molecule has 2 N–H and O–H groups in total. The highest BCUT2D eigenvalue weighted by Gasteiger charge is 2.32. The number of carbonyl (C=O) groups excluding carboxylic acids is 1. The molecule has 6 nitrogen and oxygen atoms in total. The molecule has 1 fully saturated rings. The van der Waals surface area contributed by atoms with Gasteiger partial charge in [-0.3, -0.25) is 4.79 Å². The molecule has 0 bridgehead atoms. The van der Waals surface area contributed by atoms with Gasteiger partial charge in [0.1, 0.15) is 0 Å². The topological polar surface area (TPSA) is 77.0 Å². The Hall–Kier alpha value is -2.19. The molecule has 1 aliphatic rings. The van der Waals surface area contributed by atoms with Crippen LogP contribution >= 0.6 is 0 Å². The molecule has 0 spiro atoms. The van der Waals surface area contributed by atoms with Crippen LogP contribution in [0.1, 0.15) is 24.8 Å². The van der Waals surface area contributed by atoms with E-state index in [-0.39, 0.29) is 24.0 Å². The van der Waals surface area contributed by atoms with E-state index in [4.69, 9.17) is 9.47 Å². The lowest BCUT2D eigenvalue weighted by atomic mass is 9.86. The van der Waals surface area contributed by atoms with E-state index in [1.165, 1.54) is 25.3 Å². The number of rotatable bonds is 8. The molecule has 2 rings (SSSR count). The summed E-state index contributed by atoms with van der Waals surface area (Å²) in [6, 6.07) is 4.40. The third kappa shape index (κ3) is 5.67. The third-order valence-electron chi connectivity index (χ3n) is 4.26. The van der Waals surface area contributed by atoms with Crippen LogP contribution in [0.2, 0.25) is 0 Å². The van der Waals surface area contributed by atoms with Gasteiger partial charge in [-0.25, -0.2) is 0 Å². The summed E-state index contributed by atoms with van der Waals surface area (Å²) >= 11 is 0. The van der Waals surface area contributed by atoms with Crippen LogP contribution in [-0.2, 0) is 9.53 Å². The van der Waals surface area contributed by atoms with Crippen LogP contribution < -0.4 is 14.8 Å². The standard InChI is InChI=1S/C18H23F2NO5/c1-24-15-12-13(2-4-14(15)26-17(19)20)3-5-16(23)21-18(6-9-22)7-10-25-11-8-18/h2-5,12,17,22H,6-11H2,1H3,(H,21,23)/b5-3+. The molecule has 1 heterocycles. The number of carbonyl (C=O) groups is 1. The predicted molar refractivity (Wildman–Crippen MR) is 91.3 cm³/mol. The van der Waals surface area contributed by atoms with E-state index in [2.05, 4.69) is 10.1 Å². The first-order valence-electron chi connectivity index (χ1n) is 8.30. The summed E-state index contributed by atoms with van der Waals surface area (Å²) in [4.78, 5) is 12.3. The molecule has 0 unspecified atom stereocenters. The Kier molecular flexibility index (Phi) is 7.35. The molecule has 0 aromatic heterocycles. The predicted octanol–water partition coefficient (Wildman–Crippen LogP) is 2.36. The average Bonchev–Trinajstić information content (AvgIpc) is 2.61. The minimum absolute atomic E-state index is 0.0210. The highest BCUT2D eigenvalue weighted by Crippen LogP contribution is 2.30. The second-order valence-electron chi connectivity index (χ2n) is 5.98. The molecule has 8 heteroatoms. The smallest absolute Gasteiger partial charge is 0.387 e. The zero-order valence-electron chi connectivity index (χ0n) is 14.5. The van der Waals surface area contributed by atoms with Gasteiger partial charge in [0.25, 0.3) is 0 Å². The summed E-state index contributed by atoms with van der Waals surface area (Å²) < 4.78 is 39.4. The monoisotopic (exact) mass is 371 g/mol. The van der Waals surface area contributed by atoms with Crippen molar-refractivity contribution < 1.29 is 32.9 Å². The number of amides is 1. The molecule has 0 atom stereocenters. The number of ether oxygens (including phenoxy) is 3. The van der Waals surface area contributed by atoms with E-state index in [9.17, 15) is 18.7 Å². The van der Waals surface area contributed by atoms with Crippen molar-refractivity contribution in [3.63, 3.8) is 0 Å². The normalized spacial score (nSPS) is 16.7. The van der Waals surface area contributed by atoms with Crippen LogP contribution in [0.5, 0.6) is 11.5 Å². The fourth-order valence-electron chi connectivity index (χ4n) is 2.87. The van der Waals surface area contributed by atoms with Crippen molar-refractivity contribution in [2.45, 2.75) is 31.4 Å². The molecular formula is C18H23F2NO5. The second-order valence-corrected chi connectivity index (χ2v) is 5.98. The summed E-state index contributed by atoms with van der Waals surface area (Å²) in [6.45, 7) is -1.90. The molecule has 0 radical (unpaired) electrons. The molecule has 1 aromatic carbocycles. The van der Waals surface area contributed by atoms with Gasteiger partial charge in [0.05, 0.1) is 7.11 Å². The first kappa shape index (κ1) is 20.1. The number of halogens is 2. The highest BCUT2D eigenvalue weighted by atomic mass is 19.3. The van der Waals surface area contributed by atoms with Crippen LogP contribution in [0.3, 0.4) is 0 Å². The van der Waals surface area contributed by atoms with E-state index in [1.807, 2.05) is 0 Å². The van der Waals surface area contributed by atoms with Gasteiger partial charge >= 0.3 is 6.61 Å². The number of benzene rings is 1. The summed E-state index contributed by atoms with van der Waals surface area (Å²) in [7, 11) is 1.34. The molecule has 1 amide bonds.